The first-order chi connectivity index (χ1) is 7.55. The van der Waals surface area contributed by atoms with Gasteiger partial charge in [0.1, 0.15) is 0 Å². The number of hydrogen-bond acceptors (Lipinski definition) is 4. The van der Waals surface area contributed by atoms with Gasteiger partial charge >= 0.3 is 21.2 Å². The summed E-state index contributed by atoms with van der Waals surface area (Å²) in [6.45, 7) is 0. The second-order valence-electron chi connectivity index (χ2n) is 3.23. The second-order valence-corrected chi connectivity index (χ2v) is 8.39. The van der Waals surface area contributed by atoms with Gasteiger partial charge in [-0.05, 0) is 12.2 Å². The highest BCUT2D eigenvalue weighted by Gasteiger charge is 2.42. The smallest absolute Gasteiger partial charge is 0.341 e. The van der Waals surface area contributed by atoms with Crippen LogP contribution in [-0.4, -0.2) is 47.6 Å². The first-order valence-electron chi connectivity index (χ1n) is 4.45. The lowest BCUT2D eigenvalue weighted by Gasteiger charge is -2.18. The van der Waals surface area contributed by atoms with Crippen molar-refractivity contribution in [2.24, 2.45) is 0 Å². The van der Waals surface area contributed by atoms with E-state index in [0.29, 0.717) is 0 Å². The third kappa shape index (κ3) is 7.94. The molecule has 0 rings (SSSR count). The Morgan fingerprint density at radius 1 is 1.12 bits per heavy atom. The molecule has 5 N–H and O–H groups in total. The summed E-state index contributed by atoms with van der Waals surface area (Å²) in [5.41, 5.74) is 0. The lowest BCUT2D eigenvalue weighted by molar-refractivity contribution is -0.137. The maximum atomic E-state index is 10.8. The summed E-state index contributed by atoms with van der Waals surface area (Å²) in [5, 5.41) is 6.30. The highest BCUT2D eigenvalue weighted by atomic mass is 32.2. The Bertz CT molecular complexity index is 324. The number of hydrogen-bond donors (Lipinski definition) is 5. The van der Waals surface area contributed by atoms with Gasteiger partial charge in [0.15, 0.2) is 5.40 Å². The standard InChI is InChI=1S/C6H14O8P2S/c7-5(8)2-1-3-17-4-6(15(9,10)11)16(12,13)14/h6H,1-4H2,(H,7,8)(H2,9,10,11)(H2,12,13,14). The minimum absolute atomic E-state index is 0.0938. The molecule has 0 saturated heterocycles. The predicted octanol–water partition coefficient (Wildman–Crippen LogP) is 0.266. The van der Waals surface area contributed by atoms with Crippen LogP contribution in [0.2, 0.25) is 0 Å². The molecular weight excluding hydrogens is 294 g/mol. The molecule has 0 aliphatic heterocycles. The maximum absolute atomic E-state index is 10.8. The van der Waals surface area contributed by atoms with Crippen LogP contribution in [0, 0.1) is 0 Å². The van der Waals surface area contributed by atoms with Gasteiger partial charge < -0.3 is 24.7 Å². The van der Waals surface area contributed by atoms with Crippen molar-refractivity contribution < 1.29 is 38.6 Å². The molecule has 0 aromatic carbocycles. The molecule has 0 fully saturated rings. The molecule has 0 aromatic heterocycles. The molecule has 0 amide bonds. The topological polar surface area (TPSA) is 152 Å². The van der Waals surface area contributed by atoms with E-state index in [9.17, 15) is 13.9 Å². The number of rotatable bonds is 8. The van der Waals surface area contributed by atoms with E-state index in [2.05, 4.69) is 0 Å². The summed E-state index contributed by atoms with van der Waals surface area (Å²) >= 11 is 0.909. The van der Waals surface area contributed by atoms with Gasteiger partial charge in [0.2, 0.25) is 0 Å². The SMILES string of the molecule is O=C(O)CCCSCC(P(=O)(O)O)P(=O)(O)O. The van der Waals surface area contributed by atoms with Crippen molar-refractivity contribution in [3.8, 4) is 0 Å². The van der Waals surface area contributed by atoms with Gasteiger partial charge in [0.05, 0.1) is 0 Å². The van der Waals surface area contributed by atoms with E-state index in [0.717, 1.165) is 11.8 Å². The molecule has 17 heavy (non-hydrogen) atoms. The van der Waals surface area contributed by atoms with Crippen molar-refractivity contribution in [1.82, 2.24) is 0 Å². The fourth-order valence-corrected chi connectivity index (χ4v) is 5.38. The molecule has 0 bridgehead atoms. The minimum Gasteiger partial charge on any atom is -0.481 e. The Morgan fingerprint density at radius 3 is 1.94 bits per heavy atom. The summed E-state index contributed by atoms with van der Waals surface area (Å²) in [6, 6.07) is 0. The average molecular weight is 308 g/mol. The van der Waals surface area contributed by atoms with Gasteiger partial charge in [-0.25, -0.2) is 0 Å². The molecule has 102 valence electrons. The van der Waals surface area contributed by atoms with Gasteiger partial charge in [-0.1, -0.05) is 0 Å². The zero-order valence-corrected chi connectivity index (χ0v) is 11.3. The number of carboxylic acids is 1. The fourth-order valence-electron chi connectivity index (χ4n) is 0.904. The van der Waals surface area contributed by atoms with E-state index < -0.39 is 32.3 Å². The monoisotopic (exact) mass is 308 g/mol. The van der Waals surface area contributed by atoms with Crippen LogP contribution in [-0.2, 0) is 13.9 Å². The molecule has 0 aromatic rings. The van der Waals surface area contributed by atoms with Crippen LogP contribution >= 0.6 is 27.0 Å². The van der Waals surface area contributed by atoms with Crippen molar-refractivity contribution >= 4 is 32.9 Å². The molecule has 0 atom stereocenters. The average Bonchev–Trinajstić information content (AvgIpc) is 2.05. The van der Waals surface area contributed by atoms with E-state index in [4.69, 9.17) is 24.7 Å². The quantitative estimate of drug-likeness (QED) is 0.314. The van der Waals surface area contributed by atoms with E-state index >= 15 is 0 Å². The predicted molar refractivity (Wildman–Crippen MR) is 62.1 cm³/mol. The van der Waals surface area contributed by atoms with Crippen molar-refractivity contribution in [3.05, 3.63) is 0 Å². The molecule has 0 aliphatic carbocycles. The molecule has 0 saturated carbocycles. The van der Waals surface area contributed by atoms with Crippen LogP contribution in [0.4, 0.5) is 0 Å². The zero-order chi connectivity index (χ0) is 13.7. The van der Waals surface area contributed by atoms with Crippen LogP contribution in [0.5, 0.6) is 0 Å². The minimum atomic E-state index is -4.87. The molecule has 0 radical (unpaired) electrons. The summed E-state index contributed by atoms with van der Waals surface area (Å²) in [4.78, 5) is 45.2. The second kappa shape index (κ2) is 6.89. The Balaban J connectivity index is 4.18. The van der Waals surface area contributed by atoms with Gasteiger partial charge in [-0.15, -0.1) is 0 Å². The van der Waals surface area contributed by atoms with Crippen molar-refractivity contribution in [2.45, 2.75) is 18.2 Å². The molecule has 0 spiro atoms. The highest BCUT2D eigenvalue weighted by molar-refractivity contribution is 8.00. The van der Waals surface area contributed by atoms with E-state index in [-0.39, 0.29) is 18.6 Å². The summed E-state index contributed by atoms with van der Waals surface area (Å²) in [6.07, 6.45) is 0.179. The number of carboxylic acid groups (broad SMARTS) is 1. The first-order valence-corrected chi connectivity index (χ1v) is 8.97. The Hall–Kier alpha value is 0.120. The van der Waals surface area contributed by atoms with E-state index in [1.165, 1.54) is 0 Å². The Kier molecular flexibility index (Phi) is 6.94. The lowest BCUT2D eigenvalue weighted by Crippen LogP contribution is -2.12. The largest absolute Gasteiger partial charge is 0.481 e. The van der Waals surface area contributed by atoms with Crippen molar-refractivity contribution in [1.29, 1.82) is 0 Å². The van der Waals surface area contributed by atoms with Gasteiger partial charge in [0, 0.05) is 12.2 Å². The Morgan fingerprint density at radius 2 is 1.59 bits per heavy atom. The third-order valence-corrected chi connectivity index (χ3v) is 7.09. The van der Waals surface area contributed by atoms with Crippen LogP contribution in [0.25, 0.3) is 0 Å². The molecule has 8 nitrogen and oxygen atoms in total. The maximum Gasteiger partial charge on any atom is 0.341 e. The van der Waals surface area contributed by atoms with Crippen LogP contribution in [0.3, 0.4) is 0 Å². The summed E-state index contributed by atoms with van der Waals surface area (Å²) in [5.74, 6) is -1.14. The molecular formula is C6H14O8P2S. The first kappa shape index (κ1) is 17.1. The molecule has 0 heterocycles. The molecule has 11 heteroatoms. The fraction of sp³-hybridized carbons (Fsp3) is 0.833. The molecule has 0 unspecified atom stereocenters. The van der Waals surface area contributed by atoms with Crippen LogP contribution in [0.1, 0.15) is 12.8 Å². The van der Waals surface area contributed by atoms with Crippen molar-refractivity contribution in [3.63, 3.8) is 0 Å². The van der Waals surface area contributed by atoms with Crippen LogP contribution in [0.15, 0.2) is 0 Å². The van der Waals surface area contributed by atoms with Crippen LogP contribution < -0.4 is 0 Å². The summed E-state index contributed by atoms with van der Waals surface area (Å²) in [7, 11) is -9.73. The van der Waals surface area contributed by atoms with E-state index in [1.54, 1.807) is 0 Å². The summed E-state index contributed by atoms with van der Waals surface area (Å²) < 4.78 is 21.7. The van der Waals surface area contributed by atoms with E-state index in [1.807, 2.05) is 0 Å². The van der Waals surface area contributed by atoms with Gasteiger partial charge in [-0.3, -0.25) is 13.9 Å². The number of aliphatic carboxylic acids is 1. The Labute approximate surface area is 102 Å². The normalized spacial score (nSPS) is 13.0. The number of carbonyl (C=O) groups is 1. The number of thioether (sulfide) groups is 1. The molecule has 0 aliphatic rings. The van der Waals surface area contributed by atoms with Gasteiger partial charge in [0.25, 0.3) is 0 Å². The highest BCUT2D eigenvalue weighted by Crippen LogP contribution is 2.60. The van der Waals surface area contributed by atoms with Gasteiger partial charge in [-0.2, -0.15) is 11.8 Å². The third-order valence-electron chi connectivity index (χ3n) is 1.72. The zero-order valence-electron chi connectivity index (χ0n) is 8.67. The van der Waals surface area contributed by atoms with Crippen molar-refractivity contribution in [2.75, 3.05) is 11.5 Å². The lowest BCUT2D eigenvalue weighted by atomic mass is 10.3.